The Labute approximate surface area is 102 Å². The van der Waals surface area contributed by atoms with Crippen LogP contribution in [-0.4, -0.2) is 36.6 Å². The van der Waals surface area contributed by atoms with Crippen LogP contribution in [0.15, 0.2) is 0 Å². The molecule has 2 unspecified atom stereocenters. The van der Waals surface area contributed by atoms with Crippen LogP contribution in [0.3, 0.4) is 0 Å². The molecule has 0 radical (unpaired) electrons. The van der Waals surface area contributed by atoms with E-state index in [1.165, 1.54) is 32.4 Å². The quantitative estimate of drug-likeness (QED) is 0.793. The predicted octanol–water partition coefficient (Wildman–Crippen LogP) is 2.89. The molecule has 0 amide bonds. The fourth-order valence-corrected chi connectivity index (χ4v) is 3.52. The second kappa shape index (κ2) is 5.05. The molecular weight excluding hydrogens is 196 g/mol. The number of hydrogen-bond acceptors (Lipinski definition) is 2. The molecular formula is C14H30N2. The second-order valence-corrected chi connectivity index (χ2v) is 6.49. The lowest BCUT2D eigenvalue weighted by atomic mass is 9.73. The van der Waals surface area contributed by atoms with Gasteiger partial charge in [-0.05, 0) is 51.7 Å². The van der Waals surface area contributed by atoms with Crippen molar-refractivity contribution in [1.82, 2.24) is 10.2 Å². The van der Waals surface area contributed by atoms with Crippen molar-refractivity contribution < 1.29 is 0 Å². The molecule has 0 bridgehead atoms. The summed E-state index contributed by atoms with van der Waals surface area (Å²) < 4.78 is 0. The van der Waals surface area contributed by atoms with Gasteiger partial charge in [-0.2, -0.15) is 0 Å². The minimum Gasteiger partial charge on any atom is -0.315 e. The Morgan fingerprint density at radius 3 is 1.94 bits per heavy atom. The Balaban J connectivity index is 2.91. The first-order valence-electron chi connectivity index (χ1n) is 6.78. The Morgan fingerprint density at radius 2 is 1.62 bits per heavy atom. The molecule has 2 heteroatoms. The van der Waals surface area contributed by atoms with Crippen molar-refractivity contribution in [3.8, 4) is 0 Å². The van der Waals surface area contributed by atoms with Crippen LogP contribution in [0.5, 0.6) is 0 Å². The summed E-state index contributed by atoms with van der Waals surface area (Å²) in [7, 11) is 2.11. The molecule has 2 nitrogen and oxygen atoms in total. The van der Waals surface area contributed by atoms with Crippen LogP contribution >= 0.6 is 0 Å². The second-order valence-electron chi connectivity index (χ2n) is 6.49. The van der Waals surface area contributed by atoms with Crippen molar-refractivity contribution in [3.63, 3.8) is 0 Å². The van der Waals surface area contributed by atoms with Crippen molar-refractivity contribution in [2.45, 2.75) is 65.5 Å². The average Bonchev–Trinajstić information content (AvgIpc) is 2.69. The summed E-state index contributed by atoms with van der Waals surface area (Å²) in [6, 6.07) is 0.545. The highest BCUT2D eigenvalue weighted by molar-refractivity contribution is 5.02. The van der Waals surface area contributed by atoms with E-state index in [0.29, 0.717) is 17.0 Å². The average molecular weight is 226 g/mol. The Bertz CT molecular complexity index is 213. The molecule has 2 atom stereocenters. The zero-order valence-corrected chi connectivity index (χ0v) is 12.1. The third-order valence-corrected chi connectivity index (χ3v) is 4.32. The molecule has 1 rings (SSSR count). The lowest BCUT2D eigenvalue weighted by Gasteiger charge is -2.50. The molecule has 1 aliphatic heterocycles. The van der Waals surface area contributed by atoms with Gasteiger partial charge in [-0.15, -0.1) is 0 Å². The predicted molar refractivity (Wildman–Crippen MR) is 71.8 cm³/mol. The molecule has 0 aliphatic carbocycles. The Kier molecular flexibility index (Phi) is 4.42. The third kappa shape index (κ3) is 2.60. The van der Waals surface area contributed by atoms with Gasteiger partial charge in [0.05, 0.1) is 0 Å². The SMILES string of the molecule is CCC(C)(C(NC)C(C)(C)C)N1CCCC1. The highest BCUT2D eigenvalue weighted by atomic mass is 15.2. The molecule has 0 aromatic rings. The smallest absolute Gasteiger partial charge is 0.0336 e. The maximum atomic E-state index is 3.57. The van der Waals surface area contributed by atoms with Crippen molar-refractivity contribution in [2.24, 2.45) is 5.41 Å². The van der Waals surface area contributed by atoms with Gasteiger partial charge in [0, 0.05) is 11.6 Å². The van der Waals surface area contributed by atoms with Crippen LogP contribution in [0.2, 0.25) is 0 Å². The first kappa shape index (κ1) is 14.0. The van der Waals surface area contributed by atoms with E-state index in [2.05, 4.69) is 51.9 Å². The van der Waals surface area contributed by atoms with Crippen molar-refractivity contribution in [1.29, 1.82) is 0 Å². The zero-order chi connectivity index (χ0) is 12.4. The molecule has 1 saturated heterocycles. The van der Waals surface area contributed by atoms with Gasteiger partial charge in [0.15, 0.2) is 0 Å². The van der Waals surface area contributed by atoms with Crippen molar-refractivity contribution >= 4 is 0 Å². The van der Waals surface area contributed by atoms with Crippen LogP contribution in [0, 0.1) is 5.41 Å². The van der Waals surface area contributed by atoms with E-state index < -0.39 is 0 Å². The van der Waals surface area contributed by atoms with Gasteiger partial charge < -0.3 is 5.32 Å². The highest BCUT2D eigenvalue weighted by Gasteiger charge is 2.43. The van der Waals surface area contributed by atoms with Crippen LogP contribution in [-0.2, 0) is 0 Å². The van der Waals surface area contributed by atoms with Crippen molar-refractivity contribution in [3.05, 3.63) is 0 Å². The van der Waals surface area contributed by atoms with E-state index >= 15 is 0 Å². The van der Waals surface area contributed by atoms with Gasteiger partial charge in [0.2, 0.25) is 0 Å². The van der Waals surface area contributed by atoms with Gasteiger partial charge >= 0.3 is 0 Å². The molecule has 0 aromatic carbocycles. The number of likely N-dealkylation sites (tertiary alicyclic amines) is 1. The first-order valence-corrected chi connectivity index (χ1v) is 6.78. The normalized spacial score (nSPS) is 24.4. The van der Waals surface area contributed by atoms with E-state index in [1.54, 1.807) is 0 Å². The minimum absolute atomic E-state index is 0.295. The fourth-order valence-electron chi connectivity index (χ4n) is 3.52. The van der Waals surface area contributed by atoms with E-state index in [1.807, 2.05) is 0 Å². The number of nitrogens with one attached hydrogen (secondary N) is 1. The molecule has 0 saturated carbocycles. The third-order valence-electron chi connectivity index (χ3n) is 4.32. The van der Waals surface area contributed by atoms with Gasteiger partial charge in [0.1, 0.15) is 0 Å². The highest BCUT2D eigenvalue weighted by Crippen LogP contribution is 2.36. The maximum Gasteiger partial charge on any atom is 0.0336 e. The van der Waals surface area contributed by atoms with Crippen molar-refractivity contribution in [2.75, 3.05) is 20.1 Å². The van der Waals surface area contributed by atoms with Gasteiger partial charge in [-0.25, -0.2) is 0 Å². The molecule has 1 aliphatic rings. The fraction of sp³-hybridized carbons (Fsp3) is 1.00. The summed E-state index contributed by atoms with van der Waals surface area (Å²) in [5.41, 5.74) is 0.603. The first-order chi connectivity index (χ1) is 7.36. The van der Waals surface area contributed by atoms with Gasteiger partial charge in [-0.3, -0.25) is 4.90 Å². The molecule has 16 heavy (non-hydrogen) atoms. The topological polar surface area (TPSA) is 15.3 Å². The summed E-state index contributed by atoms with van der Waals surface area (Å²) in [6.45, 7) is 14.4. The van der Waals surface area contributed by atoms with E-state index in [9.17, 15) is 0 Å². The number of rotatable bonds is 4. The summed E-state index contributed by atoms with van der Waals surface area (Å²) >= 11 is 0. The lowest BCUT2D eigenvalue weighted by molar-refractivity contribution is 0.0385. The van der Waals surface area contributed by atoms with Crippen LogP contribution in [0.25, 0.3) is 0 Å². The van der Waals surface area contributed by atoms with E-state index in [0.717, 1.165) is 0 Å². The molecule has 0 spiro atoms. The van der Waals surface area contributed by atoms with Gasteiger partial charge in [-0.1, -0.05) is 27.7 Å². The summed E-state index contributed by atoms with van der Waals surface area (Å²) in [5, 5.41) is 3.57. The largest absolute Gasteiger partial charge is 0.315 e. The molecule has 1 heterocycles. The van der Waals surface area contributed by atoms with E-state index in [4.69, 9.17) is 0 Å². The Hall–Kier alpha value is -0.0800. The van der Waals surface area contributed by atoms with E-state index in [-0.39, 0.29) is 0 Å². The standard InChI is InChI=1S/C14H30N2/c1-7-14(5,16-10-8-9-11-16)12(15-6)13(2,3)4/h12,15H,7-11H2,1-6H3. The number of nitrogens with zero attached hydrogens (tertiary/aromatic N) is 1. The van der Waals surface area contributed by atoms with Gasteiger partial charge in [0.25, 0.3) is 0 Å². The monoisotopic (exact) mass is 226 g/mol. The minimum atomic E-state index is 0.295. The lowest BCUT2D eigenvalue weighted by Crippen LogP contribution is -2.62. The molecule has 96 valence electrons. The molecule has 0 aromatic heterocycles. The van der Waals surface area contributed by atoms with Crippen LogP contribution in [0.1, 0.15) is 53.9 Å². The van der Waals surface area contributed by atoms with Crippen LogP contribution < -0.4 is 5.32 Å². The molecule has 1 N–H and O–H groups in total. The number of likely N-dealkylation sites (N-methyl/N-ethyl adjacent to an activating group) is 1. The zero-order valence-electron chi connectivity index (χ0n) is 12.1. The maximum absolute atomic E-state index is 3.57. The number of hydrogen-bond donors (Lipinski definition) is 1. The Morgan fingerprint density at radius 1 is 1.12 bits per heavy atom. The summed E-state index contributed by atoms with van der Waals surface area (Å²) in [5.74, 6) is 0. The molecule has 1 fully saturated rings. The summed E-state index contributed by atoms with van der Waals surface area (Å²) in [4.78, 5) is 2.69. The summed E-state index contributed by atoms with van der Waals surface area (Å²) in [6.07, 6.45) is 3.96. The van der Waals surface area contributed by atoms with Crippen LogP contribution in [0.4, 0.5) is 0 Å².